The largest absolute Gasteiger partial charge is 0.482 e. The molecule has 0 saturated carbocycles. The van der Waals surface area contributed by atoms with Crippen LogP contribution in [0, 0.1) is 0 Å². The fraction of sp³-hybridized carbons (Fsp3) is 0.222. The molecule has 0 unspecified atom stereocenters. The van der Waals surface area contributed by atoms with Crippen molar-refractivity contribution >= 4 is 33.5 Å². The van der Waals surface area contributed by atoms with Crippen molar-refractivity contribution in [2.45, 2.75) is 11.3 Å². The summed E-state index contributed by atoms with van der Waals surface area (Å²) in [7, 11) is -2.46. The Morgan fingerprint density at radius 3 is 2.39 bits per heavy atom. The molecule has 8 nitrogen and oxygen atoms in total. The van der Waals surface area contributed by atoms with Gasteiger partial charge in [0.25, 0.3) is 5.91 Å². The Morgan fingerprint density at radius 2 is 1.82 bits per heavy atom. The molecule has 2 aromatic carbocycles. The highest BCUT2D eigenvalue weighted by Crippen LogP contribution is 2.25. The first-order valence-corrected chi connectivity index (χ1v) is 10.0. The second kappa shape index (κ2) is 9.54. The minimum atomic E-state index is -3.72. The number of amides is 1. The highest BCUT2D eigenvalue weighted by atomic mass is 35.5. The standard InChI is InChI=1S/C18H19ClN2O6S/c1-26-18(23)13-4-7-16(15(19)10-13)27-11-17(22)21-9-8-12-2-5-14(6-3-12)28(20,24)25/h2-7,10H,8-9,11H2,1H3,(H,21,22)(H2,20,24,25). The number of carbonyl (C=O) groups is 2. The maximum Gasteiger partial charge on any atom is 0.337 e. The molecule has 0 aliphatic rings. The molecule has 0 bridgehead atoms. The number of hydrogen-bond acceptors (Lipinski definition) is 6. The van der Waals surface area contributed by atoms with Gasteiger partial charge in [0.2, 0.25) is 10.0 Å². The molecule has 0 atom stereocenters. The summed E-state index contributed by atoms with van der Waals surface area (Å²) in [5, 5.41) is 7.90. The fourth-order valence-corrected chi connectivity index (χ4v) is 3.00. The normalized spacial score (nSPS) is 11.0. The van der Waals surface area contributed by atoms with E-state index in [1.165, 1.54) is 37.4 Å². The third-order valence-corrected chi connectivity index (χ3v) is 4.92. The van der Waals surface area contributed by atoms with E-state index in [1.54, 1.807) is 12.1 Å². The van der Waals surface area contributed by atoms with Crippen molar-refractivity contribution in [3.8, 4) is 5.75 Å². The van der Waals surface area contributed by atoms with Crippen molar-refractivity contribution in [3.63, 3.8) is 0 Å². The van der Waals surface area contributed by atoms with Crippen molar-refractivity contribution < 1.29 is 27.5 Å². The van der Waals surface area contributed by atoms with Gasteiger partial charge in [0.1, 0.15) is 5.75 Å². The summed E-state index contributed by atoms with van der Waals surface area (Å²) < 4.78 is 32.3. The number of benzene rings is 2. The Bertz CT molecular complexity index is 961. The van der Waals surface area contributed by atoms with Crippen LogP contribution in [0.15, 0.2) is 47.4 Å². The summed E-state index contributed by atoms with van der Waals surface area (Å²) in [4.78, 5) is 23.3. The quantitative estimate of drug-likeness (QED) is 0.616. The van der Waals surface area contributed by atoms with Crippen LogP contribution in [0.2, 0.25) is 5.02 Å². The van der Waals surface area contributed by atoms with E-state index in [4.69, 9.17) is 21.5 Å². The molecule has 0 saturated heterocycles. The predicted molar refractivity (Wildman–Crippen MR) is 103 cm³/mol. The molecular formula is C18H19ClN2O6S. The number of sulfonamides is 1. The van der Waals surface area contributed by atoms with E-state index in [9.17, 15) is 18.0 Å². The first kappa shape index (κ1) is 21.7. The molecule has 0 heterocycles. The molecule has 0 fully saturated rings. The van der Waals surface area contributed by atoms with Crippen LogP contribution in [-0.4, -0.2) is 40.6 Å². The lowest BCUT2D eigenvalue weighted by atomic mass is 10.1. The number of methoxy groups -OCH3 is 1. The molecule has 2 aromatic rings. The molecular weight excluding hydrogens is 408 g/mol. The van der Waals surface area contributed by atoms with Gasteiger partial charge in [-0.25, -0.2) is 18.4 Å². The Kier molecular flexibility index (Phi) is 7.38. The Morgan fingerprint density at radius 1 is 1.14 bits per heavy atom. The van der Waals surface area contributed by atoms with Crippen LogP contribution in [0.3, 0.4) is 0 Å². The number of halogens is 1. The van der Waals surface area contributed by atoms with Gasteiger partial charge < -0.3 is 14.8 Å². The molecule has 2 rings (SSSR count). The van der Waals surface area contributed by atoms with Gasteiger partial charge in [-0.2, -0.15) is 0 Å². The Labute approximate surface area is 167 Å². The van der Waals surface area contributed by atoms with Gasteiger partial charge in [0, 0.05) is 6.54 Å². The number of carbonyl (C=O) groups excluding carboxylic acids is 2. The van der Waals surface area contributed by atoms with Crippen molar-refractivity contribution in [1.82, 2.24) is 5.32 Å². The lowest BCUT2D eigenvalue weighted by Gasteiger charge is -2.10. The van der Waals surface area contributed by atoms with Crippen molar-refractivity contribution in [2.24, 2.45) is 5.14 Å². The zero-order valence-electron chi connectivity index (χ0n) is 15.0. The number of esters is 1. The Hall–Kier alpha value is -2.62. The lowest BCUT2D eigenvalue weighted by Crippen LogP contribution is -2.30. The minimum Gasteiger partial charge on any atom is -0.482 e. The smallest absolute Gasteiger partial charge is 0.337 e. The van der Waals surface area contributed by atoms with Gasteiger partial charge in [-0.3, -0.25) is 4.79 Å². The van der Waals surface area contributed by atoms with Crippen LogP contribution in [0.1, 0.15) is 15.9 Å². The van der Waals surface area contributed by atoms with E-state index in [-0.39, 0.29) is 33.7 Å². The number of rotatable bonds is 8. The number of nitrogens with one attached hydrogen (secondary N) is 1. The molecule has 0 spiro atoms. The van der Waals surface area contributed by atoms with E-state index in [0.717, 1.165) is 5.56 Å². The second-order valence-electron chi connectivity index (χ2n) is 5.71. The molecule has 0 aromatic heterocycles. The van der Waals surface area contributed by atoms with Crippen LogP contribution in [-0.2, 0) is 26.0 Å². The summed E-state index contributed by atoms with van der Waals surface area (Å²) >= 11 is 6.03. The molecule has 0 aliphatic heterocycles. The summed E-state index contributed by atoms with van der Waals surface area (Å²) in [5.74, 6) is -0.611. The number of hydrogen-bond donors (Lipinski definition) is 2. The maximum absolute atomic E-state index is 11.9. The van der Waals surface area contributed by atoms with E-state index in [1.807, 2.05) is 0 Å². The van der Waals surface area contributed by atoms with Crippen LogP contribution in [0.5, 0.6) is 5.75 Å². The van der Waals surface area contributed by atoms with Gasteiger partial charge in [0.05, 0.1) is 22.6 Å². The highest BCUT2D eigenvalue weighted by Gasteiger charge is 2.11. The zero-order valence-corrected chi connectivity index (χ0v) is 16.5. The molecule has 0 radical (unpaired) electrons. The molecule has 3 N–H and O–H groups in total. The monoisotopic (exact) mass is 426 g/mol. The summed E-state index contributed by atoms with van der Waals surface area (Å²) in [5.41, 5.74) is 1.12. The van der Waals surface area contributed by atoms with Gasteiger partial charge in [-0.05, 0) is 42.3 Å². The molecule has 10 heteroatoms. The third-order valence-electron chi connectivity index (χ3n) is 3.70. The van der Waals surface area contributed by atoms with Crippen molar-refractivity contribution in [1.29, 1.82) is 0 Å². The van der Waals surface area contributed by atoms with Gasteiger partial charge in [-0.15, -0.1) is 0 Å². The van der Waals surface area contributed by atoms with Crippen LogP contribution >= 0.6 is 11.6 Å². The lowest BCUT2D eigenvalue weighted by molar-refractivity contribution is -0.123. The van der Waals surface area contributed by atoms with E-state index < -0.39 is 16.0 Å². The predicted octanol–water partition coefficient (Wildman–Crippen LogP) is 1.51. The zero-order chi connectivity index (χ0) is 20.7. The van der Waals surface area contributed by atoms with Crippen molar-refractivity contribution in [2.75, 3.05) is 20.3 Å². The number of primary sulfonamides is 1. The summed E-state index contributed by atoms with van der Waals surface area (Å²) in [6.07, 6.45) is 0.505. The summed E-state index contributed by atoms with van der Waals surface area (Å²) in [6, 6.07) is 10.4. The maximum atomic E-state index is 11.9. The number of nitrogens with two attached hydrogens (primary N) is 1. The first-order valence-electron chi connectivity index (χ1n) is 8.10. The fourth-order valence-electron chi connectivity index (χ4n) is 2.25. The summed E-state index contributed by atoms with van der Waals surface area (Å²) in [6.45, 7) is 0.0908. The van der Waals surface area contributed by atoms with E-state index in [2.05, 4.69) is 10.1 Å². The number of ether oxygens (including phenoxy) is 2. The molecule has 0 aliphatic carbocycles. The molecule has 1 amide bonds. The van der Waals surface area contributed by atoms with E-state index in [0.29, 0.717) is 13.0 Å². The van der Waals surface area contributed by atoms with Gasteiger partial charge in [0.15, 0.2) is 6.61 Å². The average molecular weight is 427 g/mol. The van der Waals surface area contributed by atoms with Crippen molar-refractivity contribution in [3.05, 3.63) is 58.6 Å². The average Bonchev–Trinajstić information content (AvgIpc) is 2.66. The van der Waals surface area contributed by atoms with Gasteiger partial charge >= 0.3 is 5.97 Å². The topological polar surface area (TPSA) is 125 Å². The second-order valence-corrected chi connectivity index (χ2v) is 7.68. The van der Waals surface area contributed by atoms with Gasteiger partial charge in [-0.1, -0.05) is 23.7 Å². The van der Waals surface area contributed by atoms with E-state index >= 15 is 0 Å². The minimum absolute atomic E-state index is 0.0313. The van der Waals surface area contributed by atoms with Crippen LogP contribution < -0.4 is 15.2 Å². The first-order chi connectivity index (χ1) is 13.2. The highest BCUT2D eigenvalue weighted by molar-refractivity contribution is 7.89. The Balaban J connectivity index is 1.79. The van der Waals surface area contributed by atoms with Crippen LogP contribution in [0.4, 0.5) is 0 Å². The van der Waals surface area contributed by atoms with Crippen LogP contribution in [0.25, 0.3) is 0 Å². The SMILES string of the molecule is COC(=O)c1ccc(OCC(=O)NCCc2ccc(S(N)(=O)=O)cc2)c(Cl)c1. The third kappa shape index (κ3) is 6.22. The molecule has 28 heavy (non-hydrogen) atoms. The molecule has 150 valence electrons.